The number of amides is 1. The minimum atomic E-state index is -3.52. The fraction of sp³-hybridized carbons (Fsp3) is 0.629. The van der Waals surface area contributed by atoms with Crippen molar-refractivity contribution in [3.63, 3.8) is 0 Å². The number of alkyl carbamates (subject to hydrolysis) is 1. The predicted molar refractivity (Wildman–Crippen MR) is 178 cm³/mol. The number of sulfonamides is 1. The van der Waals surface area contributed by atoms with Crippen molar-refractivity contribution in [2.75, 3.05) is 78.5 Å². The highest BCUT2D eigenvalue weighted by Crippen LogP contribution is 2.51. The number of hydrogen-bond donors (Lipinski definition) is 1. The smallest absolute Gasteiger partial charge is 0.407 e. The molecule has 1 N–H and O–H groups in total. The van der Waals surface area contributed by atoms with Crippen molar-refractivity contribution >= 4 is 21.8 Å². The standard InChI is InChI=1S/C35H49F2N5O4S/c1-39(2)47(44,45)30-13-11-29(12-14-30)42-23-34(37,24-42)22-41-19-15-26(16-20-41)35(25-40-17-6-18-40,27-7-4-8-28(36)21-27)31-9-5-10-32(31)38-33(43)46-3/h4,7-8,11-14,21,26,31-32H,5-6,9-10,15-20,22-25H2,1-3H3,(H,38,43)/t31-,32-,35-/m0/s1. The Morgan fingerprint density at radius 1 is 1.00 bits per heavy atom. The number of carbonyl (C=O) groups excluding carboxylic acids is 1. The van der Waals surface area contributed by atoms with E-state index in [0.29, 0.717) is 6.54 Å². The molecule has 2 aromatic carbocycles. The molecule has 0 aromatic heterocycles. The number of nitrogens with zero attached hydrogens (tertiary/aromatic N) is 4. The lowest BCUT2D eigenvalue weighted by Crippen LogP contribution is -2.65. The zero-order chi connectivity index (χ0) is 33.4. The summed E-state index contributed by atoms with van der Waals surface area (Å²) in [5.41, 5.74) is 0.114. The maximum Gasteiger partial charge on any atom is 0.407 e. The van der Waals surface area contributed by atoms with Crippen molar-refractivity contribution in [2.45, 2.75) is 60.5 Å². The largest absolute Gasteiger partial charge is 0.453 e. The molecule has 3 saturated heterocycles. The van der Waals surface area contributed by atoms with Crippen LogP contribution < -0.4 is 10.2 Å². The summed E-state index contributed by atoms with van der Waals surface area (Å²) in [5, 5.41) is 3.13. The lowest BCUT2D eigenvalue weighted by Gasteiger charge is -2.54. The van der Waals surface area contributed by atoms with Gasteiger partial charge in [0.25, 0.3) is 0 Å². The van der Waals surface area contributed by atoms with Crippen molar-refractivity contribution in [1.29, 1.82) is 0 Å². The fourth-order valence-electron chi connectivity index (χ4n) is 8.70. The molecule has 0 radical (unpaired) electrons. The zero-order valence-electron chi connectivity index (χ0n) is 27.8. The normalized spacial score (nSPS) is 25.2. The molecule has 2 aromatic rings. The molecule has 9 nitrogen and oxygen atoms in total. The van der Waals surface area contributed by atoms with Crippen molar-refractivity contribution in [2.24, 2.45) is 11.8 Å². The van der Waals surface area contributed by atoms with Crippen LogP contribution in [0.5, 0.6) is 0 Å². The molecule has 12 heteroatoms. The van der Waals surface area contributed by atoms with Crippen molar-refractivity contribution < 1.29 is 26.7 Å². The summed E-state index contributed by atoms with van der Waals surface area (Å²) >= 11 is 0. The first kappa shape index (κ1) is 34.1. The van der Waals surface area contributed by atoms with E-state index in [1.807, 2.05) is 11.0 Å². The van der Waals surface area contributed by atoms with Crippen LogP contribution in [0.4, 0.5) is 19.3 Å². The van der Waals surface area contributed by atoms with Crippen LogP contribution in [0.25, 0.3) is 0 Å². The lowest BCUT2D eigenvalue weighted by molar-refractivity contribution is 0.00584. The summed E-state index contributed by atoms with van der Waals surface area (Å²) in [4.78, 5) is 19.3. The number of rotatable bonds is 11. The SMILES string of the molecule is COC(=O)N[C@H]1CCC[C@@H]1[C@](CN1CCC1)(c1cccc(F)c1)C1CCN(CC2(F)CN(c3ccc(S(=O)(=O)N(C)C)cc3)C2)CC1. The van der Waals surface area contributed by atoms with Gasteiger partial charge >= 0.3 is 6.09 Å². The topological polar surface area (TPSA) is 85.4 Å². The number of piperidine rings is 1. The summed E-state index contributed by atoms with van der Waals surface area (Å²) in [6.45, 7) is 5.24. The van der Waals surface area contributed by atoms with E-state index in [0.717, 1.165) is 82.5 Å². The number of halogens is 2. The molecule has 6 rings (SSSR count). The van der Waals surface area contributed by atoms with Gasteiger partial charge in [-0.3, -0.25) is 4.90 Å². The third kappa shape index (κ3) is 6.89. The second-order valence-corrected chi connectivity index (χ2v) is 16.5. The molecule has 3 aliphatic heterocycles. The molecule has 4 aliphatic rings. The van der Waals surface area contributed by atoms with Crippen molar-refractivity contribution in [3.05, 3.63) is 59.9 Å². The molecule has 4 fully saturated rings. The Kier molecular flexibility index (Phi) is 9.86. The Bertz CT molecular complexity index is 1510. The second-order valence-electron chi connectivity index (χ2n) is 14.3. The van der Waals surface area contributed by atoms with E-state index in [1.54, 1.807) is 30.3 Å². The molecule has 3 heterocycles. The molecule has 1 amide bonds. The van der Waals surface area contributed by atoms with E-state index in [4.69, 9.17) is 4.74 Å². The number of anilines is 1. The predicted octanol–water partition coefficient (Wildman–Crippen LogP) is 4.48. The van der Waals surface area contributed by atoms with Gasteiger partial charge in [-0.25, -0.2) is 26.3 Å². The molecule has 0 unspecified atom stereocenters. The van der Waals surface area contributed by atoms with Gasteiger partial charge in [-0.2, -0.15) is 0 Å². The first-order chi connectivity index (χ1) is 22.4. The maximum atomic E-state index is 16.0. The van der Waals surface area contributed by atoms with Crippen LogP contribution in [0.1, 0.15) is 44.1 Å². The highest BCUT2D eigenvalue weighted by Gasteiger charge is 2.54. The van der Waals surface area contributed by atoms with Crippen molar-refractivity contribution in [3.8, 4) is 0 Å². The van der Waals surface area contributed by atoms with Crippen LogP contribution in [-0.4, -0.2) is 114 Å². The summed E-state index contributed by atoms with van der Waals surface area (Å²) in [6.07, 6.45) is 5.27. The molecular weight excluding hydrogens is 624 g/mol. The summed E-state index contributed by atoms with van der Waals surface area (Å²) < 4.78 is 62.0. The molecule has 3 atom stereocenters. The number of hydrogen-bond acceptors (Lipinski definition) is 7. The molecule has 0 spiro atoms. The number of likely N-dealkylation sites (tertiary alicyclic amines) is 2. The number of nitrogens with one attached hydrogen (secondary N) is 1. The third-order valence-corrected chi connectivity index (χ3v) is 13.0. The van der Waals surface area contributed by atoms with Crippen LogP contribution >= 0.6 is 0 Å². The van der Waals surface area contributed by atoms with Gasteiger partial charge in [-0.1, -0.05) is 18.6 Å². The quantitative estimate of drug-likeness (QED) is 0.377. The average molecular weight is 674 g/mol. The molecular formula is C35H49F2N5O4S. The lowest BCUT2D eigenvalue weighted by atomic mass is 9.57. The van der Waals surface area contributed by atoms with Gasteiger partial charge in [0, 0.05) is 44.3 Å². The fourth-order valence-corrected chi connectivity index (χ4v) is 9.61. The van der Waals surface area contributed by atoms with Crippen LogP contribution in [-0.2, 0) is 20.2 Å². The Morgan fingerprint density at radius 2 is 1.70 bits per heavy atom. The number of carbonyl (C=O) groups is 1. The first-order valence-electron chi connectivity index (χ1n) is 17.0. The van der Waals surface area contributed by atoms with Gasteiger partial charge in [0.2, 0.25) is 10.0 Å². The Morgan fingerprint density at radius 3 is 2.30 bits per heavy atom. The molecule has 0 bridgehead atoms. The van der Waals surface area contributed by atoms with E-state index < -0.39 is 21.8 Å². The molecule has 1 saturated carbocycles. The summed E-state index contributed by atoms with van der Waals surface area (Å²) in [6, 6.07) is 13.7. The minimum absolute atomic E-state index is 0.0582. The monoisotopic (exact) mass is 673 g/mol. The number of methoxy groups -OCH3 is 1. The van der Waals surface area contributed by atoms with E-state index in [2.05, 4.69) is 21.2 Å². The van der Waals surface area contributed by atoms with Crippen molar-refractivity contribution in [1.82, 2.24) is 19.4 Å². The van der Waals surface area contributed by atoms with Crippen LogP contribution in [0.15, 0.2) is 53.4 Å². The first-order valence-corrected chi connectivity index (χ1v) is 18.4. The average Bonchev–Trinajstić information content (AvgIpc) is 3.48. The number of ether oxygens (including phenoxy) is 1. The van der Waals surface area contributed by atoms with Crippen LogP contribution in [0, 0.1) is 17.7 Å². The van der Waals surface area contributed by atoms with Crippen LogP contribution in [0.2, 0.25) is 0 Å². The van der Waals surface area contributed by atoms with E-state index in [9.17, 15) is 17.6 Å². The minimum Gasteiger partial charge on any atom is -0.453 e. The van der Waals surface area contributed by atoms with Gasteiger partial charge in [0.1, 0.15) is 5.82 Å². The van der Waals surface area contributed by atoms with E-state index in [-0.39, 0.29) is 47.1 Å². The van der Waals surface area contributed by atoms with Gasteiger partial charge in [-0.15, -0.1) is 0 Å². The Labute approximate surface area is 278 Å². The second kappa shape index (κ2) is 13.6. The maximum absolute atomic E-state index is 16.0. The number of alkyl halides is 1. The molecule has 47 heavy (non-hydrogen) atoms. The van der Waals surface area contributed by atoms with Gasteiger partial charge in [-0.05, 0) is 112 Å². The van der Waals surface area contributed by atoms with Crippen LogP contribution in [0.3, 0.4) is 0 Å². The highest BCUT2D eigenvalue weighted by atomic mass is 32.2. The molecule has 258 valence electrons. The number of benzene rings is 2. The zero-order valence-corrected chi connectivity index (χ0v) is 28.7. The Balaban J connectivity index is 1.16. The van der Waals surface area contributed by atoms with Gasteiger partial charge in [0.15, 0.2) is 5.67 Å². The highest BCUT2D eigenvalue weighted by molar-refractivity contribution is 7.89. The van der Waals surface area contributed by atoms with Gasteiger partial charge < -0.3 is 19.9 Å². The summed E-state index contributed by atoms with van der Waals surface area (Å²) in [7, 11) is 0.875. The summed E-state index contributed by atoms with van der Waals surface area (Å²) in [5.74, 6) is 0.134. The van der Waals surface area contributed by atoms with E-state index >= 15 is 4.39 Å². The Hall–Kier alpha value is -2.80. The van der Waals surface area contributed by atoms with Gasteiger partial charge in [0.05, 0.1) is 25.1 Å². The third-order valence-electron chi connectivity index (χ3n) is 11.2. The molecule has 1 aliphatic carbocycles. The van der Waals surface area contributed by atoms with E-state index in [1.165, 1.54) is 31.6 Å².